The lowest BCUT2D eigenvalue weighted by Gasteiger charge is -2.41. The zero-order valence-electron chi connectivity index (χ0n) is 12.4. The van der Waals surface area contributed by atoms with Crippen molar-refractivity contribution in [3.63, 3.8) is 0 Å². The lowest BCUT2D eigenvalue weighted by atomic mass is 9.70. The minimum absolute atomic E-state index is 0.0805. The topological polar surface area (TPSA) is 55.0 Å². The van der Waals surface area contributed by atoms with Crippen LogP contribution >= 0.6 is 0 Å². The monoisotopic (exact) mass is 264 g/mol. The number of aromatic amines is 1. The molecule has 0 amide bonds. The number of hydrogen-bond donors (Lipinski definition) is 1. The molecule has 1 aliphatic carbocycles. The highest BCUT2D eigenvalue weighted by Gasteiger charge is 2.41. The maximum Gasteiger partial charge on any atom is 0.251 e. The Morgan fingerprint density at radius 1 is 1.32 bits per heavy atom. The van der Waals surface area contributed by atoms with Gasteiger partial charge in [-0.1, -0.05) is 20.8 Å². The second kappa shape index (κ2) is 5.08. The zero-order chi connectivity index (χ0) is 14.1. The summed E-state index contributed by atoms with van der Waals surface area (Å²) in [5.74, 6) is 0.704. The van der Waals surface area contributed by atoms with E-state index in [0.717, 1.165) is 37.8 Å². The van der Waals surface area contributed by atoms with Crippen molar-refractivity contribution in [2.45, 2.75) is 58.5 Å². The Morgan fingerprint density at radius 2 is 1.95 bits per heavy atom. The molecule has 4 heteroatoms. The largest absolute Gasteiger partial charge is 0.370 e. The minimum Gasteiger partial charge on any atom is -0.370 e. The standard InChI is InChI=1S/C15H24N2O2/c1-5-11-10-12(18)17-13(16-11)15(19-4)8-6-14(2,3)7-9-15/h10H,5-9H2,1-4H3,(H,16,17,18). The summed E-state index contributed by atoms with van der Waals surface area (Å²) in [6.45, 7) is 6.57. The van der Waals surface area contributed by atoms with Crippen LogP contribution in [0.25, 0.3) is 0 Å². The SMILES string of the molecule is CCc1cc(=O)[nH]c(C2(OC)CCC(C)(C)CC2)n1. The highest BCUT2D eigenvalue weighted by molar-refractivity contribution is 5.11. The number of aromatic nitrogens is 2. The molecule has 1 aliphatic rings. The Bertz CT molecular complexity index is 495. The number of hydrogen-bond acceptors (Lipinski definition) is 3. The van der Waals surface area contributed by atoms with Gasteiger partial charge in [0.15, 0.2) is 0 Å². The molecule has 1 aromatic rings. The zero-order valence-corrected chi connectivity index (χ0v) is 12.4. The van der Waals surface area contributed by atoms with Gasteiger partial charge in [0.05, 0.1) is 0 Å². The molecule has 0 aromatic carbocycles. The molecular weight excluding hydrogens is 240 g/mol. The van der Waals surface area contributed by atoms with Gasteiger partial charge in [0, 0.05) is 18.9 Å². The first-order chi connectivity index (χ1) is 8.91. The molecule has 4 nitrogen and oxygen atoms in total. The van der Waals surface area contributed by atoms with E-state index >= 15 is 0 Å². The van der Waals surface area contributed by atoms with Gasteiger partial charge in [-0.3, -0.25) is 4.79 Å². The van der Waals surface area contributed by atoms with E-state index in [2.05, 4.69) is 23.8 Å². The summed E-state index contributed by atoms with van der Waals surface area (Å²) in [7, 11) is 1.72. The van der Waals surface area contributed by atoms with E-state index < -0.39 is 5.60 Å². The van der Waals surface area contributed by atoms with Crippen LogP contribution in [0.5, 0.6) is 0 Å². The van der Waals surface area contributed by atoms with Crippen molar-refractivity contribution in [3.05, 3.63) is 27.9 Å². The fourth-order valence-electron chi connectivity index (χ4n) is 2.77. The summed E-state index contributed by atoms with van der Waals surface area (Å²) >= 11 is 0. The maximum absolute atomic E-state index is 11.7. The molecule has 19 heavy (non-hydrogen) atoms. The van der Waals surface area contributed by atoms with Crippen molar-refractivity contribution in [2.75, 3.05) is 7.11 Å². The fraction of sp³-hybridized carbons (Fsp3) is 0.733. The lowest BCUT2D eigenvalue weighted by molar-refractivity contribution is -0.0732. The molecule has 1 saturated carbocycles. The average Bonchev–Trinajstić information content (AvgIpc) is 2.38. The third kappa shape index (κ3) is 2.89. The Labute approximate surface area is 114 Å². The summed E-state index contributed by atoms with van der Waals surface area (Å²) < 4.78 is 5.78. The van der Waals surface area contributed by atoms with Crippen LogP contribution in [0.15, 0.2) is 10.9 Å². The second-order valence-corrected chi connectivity index (χ2v) is 6.30. The van der Waals surface area contributed by atoms with Crippen molar-refractivity contribution in [2.24, 2.45) is 5.41 Å². The van der Waals surface area contributed by atoms with E-state index in [9.17, 15) is 4.79 Å². The van der Waals surface area contributed by atoms with Crippen LogP contribution in [0, 0.1) is 5.41 Å². The highest BCUT2D eigenvalue weighted by Crippen LogP contribution is 2.45. The van der Waals surface area contributed by atoms with Crippen LogP contribution in [0.2, 0.25) is 0 Å². The van der Waals surface area contributed by atoms with Gasteiger partial charge in [-0.15, -0.1) is 0 Å². The number of aryl methyl sites for hydroxylation is 1. The third-order valence-electron chi connectivity index (χ3n) is 4.39. The van der Waals surface area contributed by atoms with E-state index in [4.69, 9.17) is 4.74 Å². The summed E-state index contributed by atoms with van der Waals surface area (Å²) in [6.07, 6.45) is 4.75. The quantitative estimate of drug-likeness (QED) is 0.913. The number of rotatable bonds is 3. The van der Waals surface area contributed by atoms with Crippen molar-refractivity contribution >= 4 is 0 Å². The summed E-state index contributed by atoms with van der Waals surface area (Å²) in [4.78, 5) is 19.2. The van der Waals surface area contributed by atoms with E-state index in [-0.39, 0.29) is 5.56 Å². The van der Waals surface area contributed by atoms with Gasteiger partial charge in [-0.05, 0) is 37.5 Å². The Kier molecular flexibility index (Phi) is 3.81. The predicted octanol–water partition coefficient (Wildman–Crippen LogP) is 2.77. The molecule has 0 saturated heterocycles. The predicted molar refractivity (Wildman–Crippen MR) is 75.2 cm³/mol. The maximum atomic E-state index is 11.7. The summed E-state index contributed by atoms with van der Waals surface area (Å²) in [5, 5.41) is 0. The molecule has 1 fully saturated rings. The Hall–Kier alpha value is -1.16. The van der Waals surface area contributed by atoms with Crippen LogP contribution in [-0.4, -0.2) is 17.1 Å². The van der Waals surface area contributed by atoms with Crippen LogP contribution in [0.4, 0.5) is 0 Å². The normalized spacial score (nSPS) is 21.3. The van der Waals surface area contributed by atoms with Gasteiger partial charge in [0.25, 0.3) is 5.56 Å². The number of methoxy groups -OCH3 is 1. The van der Waals surface area contributed by atoms with Gasteiger partial charge in [-0.25, -0.2) is 4.98 Å². The second-order valence-electron chi connectivity index (χ2n) is 6.30. The van der Waals surface area contributed by atoms with E-state index in [0.29, 0.717) is 11.2 Å². The smallest absolute Gasteiger partial charge is 0.251 e. The molecule has 1 aromatic heterocycles. The highest BCUT2D eigenvalue weighted by atomic mass is 16.5. The molecule has 0 bridgehead atoms. The van der Waals surface area contributed by atoms with Crippen molar-refractivity contribution in [1.82, 2.24) is 9.97 Å². The molecule has 1 N–H and O–H groups in total. The summed E-state index contributed by atoms with van der Waals surface area (Å²) in [6, 6.07) is 1.57. The molecule has 1 heterocycles. The van der Waals surface area contributed by atoms with Gasteiger partial charge in [0.2, 0.25) is 0 Å². The van der Waals surface area contributed by atoms with E-state index in [1.807, 2.05) is 6.92 Å². The van der Waals surface area contributed by atoms with Crippen molar-refractivity contribution in [3.8, 4) is 0 Å². The molecule has 0 aliphatic heterocycles. The lowest BCUT2D eigenvalue weighted by Crippen LogP contribution is -2.39. The van der Waals surface area contributed by atoms with E-state index in [1.54, 1.807) is 13.2 Å². The number of nitrogens with one attached hydrogen (secondary N) is 1. The Morgan fingerprint density at radius 3 is 2.47 bits per heavy atom. The number of H-pyrrole nitrogens is 1. The molecule has 0 radical (unpaired) electrons. The van der Waals surface area contributed by atoms with E-state index in [1.165, 1.54) is 0 Å². The fourth-order valence-corrected chi connectivity index (χ4v) is 2.77. The average molecular weight is 264 g/mol. The van der Waals surface area contributed by atoms with Crippen LogP contribution in [-0.2, 0) is 16.8 Å². The molecule has 106 valence electrons. The first-order valence-electron chi connectivity index (χ1n) is 7.07. The minimum atomic E-state index is -0.417. The van der Waals surface area contributed by atoms with Crippen LogP contribution in [0.1, 0.15) is 58.0 Å². The first kappa shape index (κ1) is 14.3. The van der Waals surface area contributed by atoms with Crippen molar-refractivity contribution in [1.29, 1.82) is 0 Å². The molecular formula is C15H24N2O2. The van der Waals surface area contributed by atoms with Crippen LogP contribution < -0.4 is 5.56 Å². The third-order valence-corrected chi connectivity index (χ3v) is 4.39. The van der Waals surface area contributed by atoms with Gasteiger partial charge in [0.1, 0.15) is 11.4 Å². The summed E-state index contributed by atoms with van der Waals surface area (Å²) in [5.41, 5.74) is 0.688. The van der Waals surface area contributed by atoms with Gasteiger partial charge < -0.3 is 9.72 Å². The molecule has 0 atom stereocenters. The van der Waals surface area contributed by atoms with Gasteiger partial charge >= 0.3 is 0 Å². The van der Waals surface area contributed by atoms with Gasteiger partial charge in [-0.2, -0.15) is 0 Å². The number of ether oxygens (including phenoxy) is 1. The van der Waals surface area contributed by atoms with Crippen molar-refractivity contribution < 1.29 is 4.74 Å². The molecule has 2 rings (SSSR count). The molecule has 0 spiro atoms. The number of nitrogens with zero attached hydrogens (tertiary/aromatic N) is 1. The first-order valence-corrected chi connectivity index (χ1v) is 7.07. The molecule has 0 unspecified atom stereocenters. The Balaban J connectivity index is 2.37. The van der Waals surface area contributed by atoms with Crippen LogP contribution in [0.3, 0.4) is 0 Å².